The molecule has 1 fully saturated rings. The zero-order valence-electron chi connectivity index (χ0n) is 13.0. The van der Waals surface area contributed by atoms with Crippen molar-refractivity contribution in [3.63, 3.8) is 0 Å². The van der Waals surface area contributed by atoms with Gasteiger partial charge in [0.05, 0.1) is 11.7 Å². The van der Waals surface area contributed by atoms with Gasteiger partial charge in [-0.2, -0.15) is 0 Å². The zero-order valence-corrected chi connectivity index (χ0v) is 13.8. The van der Waals surface area contributed by atoms with E-state index in [0.29, 0.717) is 18.3 Å². The van der Waals surface area contributed by atoms with E-state index in [4.69, 9.17) is 10.5 Å². The number of fused-ring (bicyclic) bond motifs is 1. The highest BCUT2D eigenvalue weighted by molar-refractivity contribution is 7.15. The smallest absolute Gasteiger partial charge is 0.243 e. The SMILES string of the molecule is CCN1CCc2nc(NC(=O)C(N)C3CCOCC3)sc2C1. The van der Waals surface area contributed by atoms with Crippen LogP contribution in [0, 0.1) is 5.92 Å². The molecule has 0 saturated carbocycles. The lowest BCUT2D eigenvalue weighted by Crippen LogP contribution is -2.44. The van der Waals surface area contributed by atoms with E-state index in [2.05, 4.69) is 22.1 Å². The van der Waals surface area contributed by atoms with E-state index < -0.39 is 6.04 Å². The van der Waals surface area contributed by atoms with E-state index in [9.17, 15) is 4.79 Å². The average Bonchev–Trinajstić information content (AvgIpc) is 2.95. The van der Waals surface area contributed by atoms with Crippen LogP contribution in [0.25, 0.3) is 0 Å². The first-order valence-electron chi connectivity index (χ1n) is 8.02. The molecule has 6 nitrogen and oxygen atoms in total. The molecule has 3 rings (SSSR count). The number of ether oxygens (including phenoxy) is 1. The lowest BCUT2D eigenvalue weighted by molar-refractivity contribution is -0.119. The van der Waals surface area contributed by atoms with Crippen LogP contribution < -0.4 is 11.1 Å². The van der Waals surface area contributed by atoms with Crippen molar-refractivity contribution in [1.29, 1.82) is 0 Å². The molecule has 0 aliphatic carbocycles. The molecule has 1 amide bonds. The summed E-state index contributed by atoms with van der Waals surface area (Å²) < 4.78 is 5.32. The maximum atomic E-state index is 12.3. The number of carbonyl (C=O) groups excluding carboxylic acids is 1. The minimum Gasteiger partial charge on any atom is -0.381 e. The molecule has 122 valence electrons. The summed E-state index contributed by atoms with van der Waals surface area (Å²) in [5.41, 5.74) is 7.24. The van der Waals surface area contributed by atoms with Gasteiger partial charge in [0.2, 0.25) is 5.91 Å². The van der Waals surface area contributed by atoms with Crippen LogP contribution in [0.5, 0.6) is 0 Å². The predicted molar refractivity (Wildman–Crippen MR) is 86.9 cm³/mol. The number of nitrogens with one attached hydrogen (secondary N) is 1. The molecule has 1 aromatic rings. The van der Waals surface area contributed by atoms with Crippen molar-refractivity contribution in [1.82, 2.24) is 9.88 Å². The van der Waals surface area contributed by atoms with Crippen molar-refractivity contribution < 1.29 is 9.53 Å². The molecule has 3 N–H and O–H groups in total. The monoisotopic (exact) mass is 324 g/mol. The lowest BCUT2D eigenvalue weighted by atomic mass is 9.92. The zero-order chi connectivity index (χ0) is 15.5. The second-order valence-corrected chi connectivity index (χ2v) is 7.06. The summed E-state index contributed by atoms with van der Waals surface area (Å²) in [6.07, 6.45) is 2.67. The molecule has 2 aliphatic heterocycles. The van der Waals surface area contributed by atoms with Gasteiger partial charge in [0.15, 0.2) is 5.13 Å². The molecule has 0 aromatic carbocycles. The highest BCUT2D eigenvalue weighted by atomic mass is 32.1. The fourth-order valence-electron chi connectivity index (χ4n) is 3.05. The third-order valence-electron chi connectivity index (χ3n) is 4.56. The molecular formula is C15H24N4O2S. The van der Waals surface area contributed by atoms with Crippen molar-refractivity contribution in [2.24, 2.45) is 11.7 Å². The number of rotatable bonds is 4. The number of thiazole rings is 1. The summed E-state index contributed by atoms with van der Waals surface area (Å²) in [5.74, 6) is 0.0873. The van der Waals surface area contributed by atoms with E-state index in [1.165, 1.54) is 4.88 Å². The molecular weight excluding hydrogens is 300 g/mol. The molecule has 0 bridgehead atoms. The van der Waals surface area contributed by atoms with Gasteiger partial charge in [-0.25, -0.2) is 4.98 Å². The minimum absolute atomic E-state index is 0.120. The van der Waals surface area contributed by atoms with Gasteiger partial charge >= 0.3 is 0 Å². The van der Waals surface area contributed by atoms with Crippen LogP contribution in [0.3, 0.4) is 0 Å². The second kappa shape index (κ2) is 7.04. The Morgan fingerprint density at radius 2 is 2.32 bits per heavy atom. The summed E-state index contributed by atoms with van der Waals surface area (Å²) in [6.45, 7) is 6.59. The summed E-state index contributed by atoms with van der Waals surface area (Å²) in [7, 11) is 0. The lowest BCUT2D eigenvalue weighted by Gasteiger charge is -2.26. The Hall–Kier alpha value is -1.02. The molecule has 0 radical (unpaired) electrons. The number of anilines is 1. The summed E-state index contributed by atoms with van der Waals surface area (Å²) in [4.78, 5) is 20.5. The second-order valence-electron chi connectivity index (χ2n) is 5.97. The van der Waals surface area contributed by atoms with Gasteiger partial charge in [-0.3, -0.25) is 9.69 Å². The van der Waals surface area contributed by atoms with Crippen molar-refractivity contribution in [2.75, 3.05) is 31.6 Å². The van der Waals surface area contributed by atoms with Crippen LogP contribution in [-0.4, -0.2) is 48.1 Å². The highest BCUT2D eigenvalue weighted by Gasteiger charge is 2.28. The number of nitrogens with zero attached hydrogens (tertiary/aromatic N) is 2. The number of hydrogen-bond donors (Lipinski definition) is 2. The van der Waals surface area contributed by atoms with E-state index in [1.54, 1.807) is 11.3 Å². The fraction of sp³-hybridized carbons (Fsp3) is 0.733. The Bertz CT molecular complexity index is 528. The van der Waals surface area contributed by atoms with Crippen LogP contribution in [0.2, 0.25) is 0 Å². The molecule has 7 heteroatoms. The third-order valence-corrected chi connectivity index (χ3v) is 5.56. The fourth-order valence-corrected chi connectivity index (χ4v) is 4.10. The molecule has 1 aromatic heterocycles. The minimum atomic E-state index is -0.475. The largest absolute Gasteiger partial charge is 0.381 e. The molecule has 2 aliphatic rings. The van der Waals surface area contributed by atoms with E-state index >= 15 is 0 Å². The first kappa shape index (κ1) is 15.9. The molecule has 22 heavy (non-hydrogen) atoms. The van der Waals surface area contributed by atoms with Crippen molar-refractivity contribution in [3.8, 4) is 0 Å². The first-order valence-corrected chi connectivity index (χ1v) is 8.84. The molecule has 1 saturated heterocycles. The summed E-state index contributed by atoms with van der Waals surface area (Å²) in [5, 5.41) is 3.60. The topological polar surface area (TPSA) is 80.5 Å². The number of nitrogens with two attached hydrogens (primary N) is 1. The Kier molecular flexibility index (Phi) is 5.07. The molecule has 3 heterocycles. The van der Waals surface area contributed by atoms with Crippen LogP contribution in [0.15, 0.2) is 0 Å². The standard InChI is InChI=1S/C15H24N4O2S/c1-2-19-6-3-11-12(9-19)22-15(17-11)18-14(20)13(16)10-4-7-21-8-5-10/h10,13H,2-9,16H2,1H3,(H,17,18,20). The van der Waals surface area contributed by atoms with Crippen LogP contribution >= 0.6 is 11.3 Å². The Morgan fingerprint density at radius 3 is 3.05 bits per heavy atom. The summed E-state index contributed by atoms with van der Waals surface area (Å²) >= 11 is 1.58. The van der Waals surface area contributed by atoms with Gasteiger partial charge in [-0.15, -0.1) is 11.3 Å². The van der Waals surface area contributed by atoms with Gasteiger partial charge in [0.25, 0.3) is 0 Å². The average molecular weight is 324 g/mol. The van der Waals surface area contributed by atoms with Crippen molar-refractivity contribution in [2.45, 2.75) is 38.8 Å². The van der Waals surface area contributed by atoms with Gasteiger partial charge in [0, 0.05) is 37.6 Å². The number of hydrogen-bond acceptors (Lipinski definition) is 6. The quantitative estimate of drug-likeness (QED) is 0.870. The number of aromatic nitrogens is 1. The van der Waals surface area contributed by atoms with Crippen molar-refractivity contribution in [3.05, 3.63) is 10.6 Å². The molecule has 1 atom stereocenters. The van der Waals surface area contributed by atoms with E-state index in [-0.39, 0.29) is 11.8 Å². The maximum Gasteiger partial charge on any atom is 0.243 e. The van der Waals surface area contributed by atoms with E-state index in [1.807, 2.05) is 0 Å². The molecule has 1 unspecified atom stereocenters. The van der Waals surface area contributed by atoms with Gasteiger partial charge in [-0.05, 0) is 25.3 Å². The Balaban J connectivity index is 1.61. The highest BCUT2D eigenvalue weighted by Crippen LogP contribution is 2.28. The molecule has 0 spiro atoms. The number of amides is 1. The van der Waals surface area contributed by atoms with Gasteiger partial charge < -0.3 is 15.8 Å². The van der Waals surface area contributed by atoms with E-state index in [0.717, 1.165) is 44.6 Å². The maximum absolute atomic E-state index is 12.3. The number of carbonyl (C=O) groups is 1. The van der Waals surface area contributed by atoms with Gasteiger partial charge in [0.1, 0.15) is 0 Å². The third kappa shape index (κ3) is 3.48. The van der Waals surface area contributed by atoms with Crippen LogP contribution in [0.1, 0.15) is 30.3 Å². The van der Waals surface area contributed by atoms with Gasteiger partial charge in [-0.1, -0.05) is 6.92 Å². The van der Waals surface area contributed by atoms with Crippen LogP contribution in [-0.2, 0) is 22.5 Å². The predicted octanol–water partition coefficient (Wildman–Crippen LogP) is 1.21. The number of likely N-dealkylation sites (N-methyl/N-ethyl adjacent to an activating group) is 1. The first-order chi connectivity index (χ1) is 10.7. The van der Waals surface area contributed by atoms with Crippen LogP contribution in [0.4, 0.5) is 5.13 Å². The Labute approximate surface area is 135 Å². The Morgan fingerprint density at radius 1 is 1.55 bits per heavy atom. The van der Waals surface area contributed by atoms with Crippen molar-refractivity contribution >= 4 is 22.4 Å². The summed E-state index contributed by atoms with van der Waals surface area (Å²) in [6, 6.07) is -0.475. The normalized spacial score (nSPS) is 21.4.